The molecule has 0 aromatic rings. The lowest BCUT2D eigenvalue weighted by molar-refractivity contribution is 0.881. The summed E-state index contributed by atoms with van der Waals surface area (Å²) >= 11 is 0. The third-order valence-corrected chi connectivity index (χ3v) is 2.49. The minimum atomic E-state index is 0.912. The van der Waals surface area contributed by atoms with Crippen LogP contribution in [-0.2, 0) is 0 Å². The zero-order valence-electron chi connectivity index (χ0n) is 9.88. The molecule has 1 N–H and O–H groups in total. The molecule has 0 saturated carbocycles. The molecule has 0 radical (unpaired) electrons. The van der Waals surface area contributed by atoms with Crippen LogP contribution < -0.4 is 5.32 Å². The fraction of sp³-hybridized carbons (Fsp3) is 0.462. The highest BCUT2D eigenvalue weighted by molar-refractivity contribution is 5.96. The Labute approximate surface area is 92.5 Å². The van der Waals surface area contributed by atoms with Crippen molar-refractivity contribution >= 4 is 5.71 Å². The largest absolute Gasteiger partial charge is 0.373 e. The predicted octanol–water partition coefficient (Wildman–Crippen LogP) is 3.19. The average Bonchev–Trinajstić information content (AvgIpc) is 2.47. The van der Waals surface area contributed by atoms with Crippen LogP contribution in [0.1, 0.15) is 33.1 Å². The van der Waals surface area contributed by atoms with Crippen LogP contribution in [-0.4, -0.2) is 12.8 Å². The first-order valence-electron chi connectivity index (χ1n) is 5.56. The SMILES string of the molecule is C/C=C/CC1=NC(NC)=C(CC)CC=C1. The van der Waals surface area contributed by atoms with Crippen LogP contribution >= 0.6 is 0 Å². The fourth-order valence-electron chi connectivity index (χ4n) is 1.59. The predicted molar refractivity (Wildman–Crippen MR) is 67.0 cm³/mol. The molecule has 0 aromatic heterocycles. The molecule has 0 amide bonds. The van der Waals surface area contributed by atoms with Gasteiger partial charge in [0.25, 0.3) is 0 Å². The highest BCUT2D eigenvalue weighted by atomic mass is 15.0. The van der Waals surface area contributed by atoms with Crippen molar-refractivity contribution in [2.75, 3.05) is 7.05 Å². The third-order valence-electron chi connectivity index (χ3n) is 2.49. The second kappa shape index (κ2) is 6.23. The number of hydrogen-bond donors (Lipinski definition) is 1. The molecule has 0 spiro atoms. The van der Waals surface area contributed by atoms with Crippen molar-refractivity contribution in [3.05, 3.63) is 35.7 Å². The molecule has 2 heteroatoms. The molecule has 15 heavy (non-hydrogen) atoms. The number of allylic oxidation sites excluding steroid dienone is 5. The topological polar surface area (TPSA) is 24.4 Å². The maximum Gasteiger partial charge on any atom is 0.125 e. The van der Waals surface area contributed by atoms with E-state index in [9.17, 15) is 0 Å². The van der Waals surface area contributed by atoms with Gasteiger partial charge in [-0.2, -0.15) is 0 Å². The van der Waals surface area contributed by atoms with E-state index in [1.54, 1.807) is 0 Å². The monoisotopic (exact) mass is 204 g/mol. The molecule has 0 aromatic carbocycles. The molecular weight excluding hydrogens is 184 g/mol. The minimum absolute atomic E-state index is 0.912. The van der Waals surface area contributed by atoms with Crippen LogP contribution in [0.3, 0.4) is 0 Å². The van der Waals surface area contributed by atoms with Crippen LogP contribution in [0, 0.1) is 0 Å². The molecule has 82 valence electrons. The van der Waals surface area contributed by atoms with Crippen molar-refractivity contribution < 1.29 is 0 Å². The highest BCUT2D eigenvalue weighted by Gasteiger charge is 2.05. The van der Waals surface area contributed by atoms with E-state index >= 15 is 0 Å². The Kier molecular flexibility index (Phi) is 4.88. The van der Waals surface area contributed by atoms with Gasteiger partial charge in [0.1, 0.15) is 5.82 Å². The Morgan fingerprint density at radius 3 is 2.93 bits per heavy atom. The zero-order chi connectivity index (χ0) is 11.1. The van der Waals surface area contributed by atoms with E-state index in [0.29, 0.717) is 0 Å². The summed E-state index contributed by atoms with van der Waals surface area (Å²) in [4.78, 5) is 4.63. The molecule has 0 saturated heterocycles. The van der Waals surface area contributed by atoms with Crippen LogP contribution in [0.4, 0.5) is 0 Å². The second-order valence-corrected chi connectivity index (χ2v) is 3.54. The number of rotatable bonds is 4. The van der Waals surface area contributed by atoms with Gasteiger partial charge in [-0.25, -0.2) is 4.99 Å². The maximum atomic E-state index is 4.63. The van der Waals surface area contributed by atoms with Gasteiger partial charge in [-0.1, -0.05) is 25.2 Å². The van der Waals surface area contributed by atoms with Crippen LogP contribution in [0.2, 0.25) is 0 Å². The van der Waals surface area contributed by atoms with Crippen molar-refractivity contribution in [3.8, 4) is 0 Å². The molecule has 1 heterocycles. The number of nitrogens with one attached hydrogen (secondary N) is 1. The summed E-state index contributed by atoms with van der Waals surface area (Å²) < 4.78 is 0. The summed E-state index contributed by atoms with van der Waals surface area (Å²) in [5.41, 5.74) is 2.50. The molecule has 0 aliphatic carbocycles. The smallest absolute Gasteiger partial charge is 0.125 e. The third kappa shape index (κ3) is 3.39. The van der Waals surface area contributed by atoms with E-state index in [2.05, 4.69) is 41.5 Å². The average molecular weight is 204 g/mol. The summed E-state index contributed by atoms with van der Waals surface area (Å²) in [7, 11) is 1.94. The first-order valence-corrected chi connectivity index (χ1v) is 5.56. The lowest BCUT2D eigenvalue weighted by Gasteiger charge is -2.06. The van der Waals surface area contributed by atoms with E-state index in [0.717, 1.165) is 30.8 Å². The summed E-state index contributed by atoms with van der Waals surface area (Å²) in [6, 6.07) is 0. The second-order valence-electron chi connectivity index (χ2n) is 3.54. The van der Waals surface area contributed by atoms with Gasteiger partial charge >= 0.3 is 0 Å². The van der Waals surface area contributed by atoms with Crippen molar-refractivity contribution in [3.63, 3.8) is 0 Å². The van der Waals surface area contributed by atoms with E-state index in [1.165, 1.54) is 5.57 Å². The molecule has 0 fully saturated rings. The van der Waals surface area contributed by atoms with Crippen molar-refractivity contribution in [1.29, 1.82) is 0 Å². The van der Waals surface area contributed by atoms with E-state index in [4.69, 9.17) is 0 Å². The summed E-state index contributed by atoms with van der Waals surface area (Å²) in [5, 5.41) is 3.18. The van der Waals surface area contributed by atoms with Gasteiger partial charge in [-0.05, 0) is 31.4 Å². The van der Waals surface area contributed by atoms with Gasteiger partial charge in [0.15, 0.2) is 0 Å². The van der Waals surface area contributed by atoms with Gasteiger partial charge in [-0.3, -0.25) is 0 Å². The lowest BCUT2D eigenvalue weighted by atomic mass is 10.1. The van der Waals surface area contributed by atoms with Gasteiger partial charge in [0.2, 0.25) is 0 Å². The van der Waals surface area contributed by atoms with Crippen LogP contribution in [0.25, 0.3) is 0 Å². The Balaban J connectivity index is 2.89. The van der Waals surface area contributed by atoms with Gasteiger partial charge in [0, 0.05) is 19.2 Å². The Hall–Kier alpha value is -1.31. The lowest BCUT2D eigenvalue weighted by Crippen LogP contribution is -2.08. The maximum absolute atomic E-state index is 4.63. The van der Waals surface area contributed by atoms with E-state index in [-0.39, 0.29) is 0 Å². The molecule has 1 aliphatic rings. The quantitative estimate of drug-likeness (QED) is 0.699. The van der Waals surface area contributed by atoms with Gasteiger partial charge < -0.3 is 5.32 Å². The van der Waals surface area contributed by atoms with Gasteiger partial charge in [0.05, 0.1) is 0 Å². The highest BCUT2D eigenvalue weighted by Crippen LogP contribution is 2.16. The first kappa shape index (κ1) is 11.8. The fourth-order valence-corrected chi connectivity index (χ4v) is 1.59. The molecular formula is C13H20N2. The molecule has 1 aliphatic heterocycles. The Bertz CT molecular complexity index is 319. The van der Waals surface area contributed by atoms with E-state index in [1.807, 2.05) is 14.0 Å². The summed E-state index contributed by atoms with van der Waals surface area (Å²) in [6.45, 7) is 4.21. The van der Waals surface area contributed by atoms with Crippen LogP contribution in [0.5, 0.6) is 0 Å². The van der Waals surface area contributed by atoms with Crippen molar-refractivity contribution in [2.45, 2.75) is 33.1 Å². The standard InChI is InChI=1S/C13H20N2/c1-4-6-9-12-10-7-8-11(5-2)13(14-3)15-12/h4,6-7,10,14H,5,8-9H2,1-3H3/b6-4+. The van der Waals surface area contributed by atoms with Crippen molar-refractivity contribution in [1.82, 2.24) is 5.32 Å². The first-order chi connectivity index (χ1) is 7.31. The van der Waals surface area contributed by atoms with Gasteiger partial charge in [-0.15, -0.1) is 0 Å². The van der Waals surface area contributed by atoms with Crippen LogP contribution in [0.15, 0.2) is 40.7 Å². The Morgan fingerprint density at radius 1 is 1.53 bits per heavy atom. The summed E-state index contributed by atoms with van der Waals surface area (Å²) in [6.07, 6.45) is 11.5. The zero-order valence-corrected chi connectivity index (χ0v) is 9.88. The summed E-state index contributed by atoms with van der Waals surface area (Å²) in [5.74, 6) is 1.04. The number of aliphatic imine (C=N–C) groups is 1. The molecule has 2 nitrogen and oxygen atoms in total. The number of hydrogen-bond acceptors (Lipinski definition) is 2. The molecule has 1 rings (SSSR count). The molecule has 0 bridgehead atoms. The van der Waals surface area contributed by atoms with E-state index < -0.39 is 0 Å². The number of nitrogens with zero attached hydrogens (tertiary/aromatic N) is 1. The molecule has 0 atom stereocenters. The van der Waals surface area contributed by atoms with Crippen molar-refractivity contribution in [2.24, 2.45) is 4.99 Å². The normalized spacial score (nSPS) is 16.9. The molecule has 0 unspecified atom stereocenters. The minimum Gasteiger partial charge on any atom is -0.373 e. The Morgan fingerprint density at radius 2 is 2.33 bits per heavy atom.